The predicted molar refractivity (Wildman–Crippen MR) is 157 cm³/mol. The van der Waals surface area contributed by atoms with Gasteiger partial charge in [0, 0.05) is 11.9 Å². The summed E-state index contributed by atoms with van der Waals surface area (Å²) >= 11 is 1.33. The fourth-order valence-electron chi connectivity index (χ4n) is 6.91. The fourth-order valence-corrected chi connectivity index (χ4v) is 7.60. The largest absolute Gasteiger partial charge is 0.497 e. The number of amides is 1. The molecule has 1 N–H and O–H groups in total. The minimum Gasteiger partial charge on any atom is -0.497 e. The summed E-state index contributed by atoms with van der Waals surface area (Å²) in [7, 11) is 3.02. The van der Waals surface area contributed by atoms with E-state index in [4.69, 9.17) is 9.47 Å². The first kappa shape index (κ1) is 25.3. The summed E-state index contributed by atoms with van der Waals surface area (Å²) in [5.41, 5.74) is 2.03. The van der Waals surface area contributed by atoms with Crippen molar-refractivity contribution in [2.24, 2.45) is 5.92 Å². The molecule has 41 heavy (non-hydrogen) atoms. The van der Waals surface area contributed by atoms with E-state index >= 15 is 4.79 Å². The van der Waals surface area contributed by atoms with Crippen LogP contribution in [-0.2, 0) is 10.2 Å². The number of para-hydroxylation sites is 1. The SMILES string of the molecule is COc1ccc(OC)c(C(=O)[C@@H]2[C@H](C(=O)c3cccs3)N3C=Cc4ccccc4[C@@H]3[C@@]23C(=O)Nc2ccccc23)c1. The molecular weight excluding hydrogens is 536 g/mol. The average Bonchev–Trinajstić information content (AvgIpc) is 3.73. The van der Waals surface area contributed by atoms with Gasteiger partial charge in [-0.2, -0.15) is 0 Å². The third-order valence-corrected chi connectivity index (χ3v) is 9.44. The fraction of sp³-hybridized carbons (Fsp3) is 0.182. The zero-order valence-electron chi connectivity index (χ0n) is 22.4. The molecule has 0 radical (unpaired) electrons. The molecule has 3 aliphatic heterocycles. The molecule has 1 saturated heterocycles. The molecule has 0 unspecified atom stereocenters. The molecule has 8 heteroatoms. The van der Waals surface area contributed by atoms with Crippen molar-refractivity contribution >= 4 is 40.6 Å². The Kier molecular flexibility index (Phi) is 5.83. The minimum absolute atomic E-state index is 0.205. The van der Waals surface area contributed by atoms with Gasteiger partial charge in [0.15, 0.2) is 11.6 Å². The van der Waals surface area contributed by atoms with Crippen LogP contribution >= 0.6 is 11.3 Å². The number of carbonyl (C=O) groups is 3. The van der Waals surface area contributed by atoms with E-state index in [1.165, 1.54) is 25.6 Å². The van der Waals surface area contributed by atoms with Crippen molar-refractivity contribution in [2.45, 2.75) is 17.5 Å². The van der Waals surface area contributed by atoms with Crippen LogP contribution in [0.4, 0.5) is 5.69 Å². The van der Waals surface area contributed by atoms with E-state index in [0.29, 0.717) is 27.6 Å². The molecule has 204 valence electrons. The van der Waals surface area contributed by atoms with Crippen LogP contribution in [0.15, 0.2) is 90.4 Å². The van der Waals surface area contributed by atoms with E-state index in [-0.39, 0.29) is 23.0 Å². The number of anilines is 1. The molecule has 4 atom stereocenters. The Morgan fingerprint density at radius 2 is 1.73 bits per heavy atom. The molecule has 1 fully saturated rings. The van der Waals surface area contributed by atoms with Gasteiger partial charge in [-0.25, -0.2) is 0 Å². The van der Waals surface area contributed by atoms with Gasteiger partial charge in [-0.15, -0.1) is 11.3 Å². The number of hydrogen-bond donors (Lipinski definition) is 1. The monoisotopic (exact) mass is 562 g/mol. The van der Waals surface area contributed by atoms with Gasteiger partial charge in [-0.05, 0) is 58.5 Å². The van der Waals surface area contributed by atoms with Crippen LogP contribution in [0.2, 0.25) is 0 Å². The first-order valence-electron chi connectivity index (χ1n) is 13.3. The lowest BCUT2D eigenvalue weighted by Crippen LogP contribution is -2.49. The molecule has 4 heterocycles. The molecule has 3 aromatic carbocycles. The Balaban J connectivity index is 1.56. The van der Waals surface area contributed by atoms with E-state index in [9.17, 15) is 9.59 Å². The second kappa shape index (κ2) is 9.45. The zero-order valence-corrected chi connectivity index (χ0v) is 23.2. The second-order valence-corrected chi connectivity index (χ2v) is 11.3. The molecule has 0 aliphatic carbocycles. The number of methoxy groups -OCH3 is 2. The standard InChI is InChI=1S/C33H26N2O5S/c1-39-20-13-14-25(40-2)22(18-20)29(36)27-28(30(37)26-12-7-17-41-26)35-16-15-19-8-3-4-9-21(19)31(35)33(27)23-10-5-6-11-24(23)34-32(33)38/h3-18,27-28,31H,1-2H3,(H,34,38)/t27-,28+,31+,33-/m0/s1. The maximum absolute atomic E-state index is 15.0. The van der Waals surface area contributed by atoms with Crippen molar-refractivity contribution in [1.29, 1.82) is 0 Å². The van der Waals surface area contributed by atoms with Gasteiger partial charge in [-0.1, -0.05) is 48.5 Å². The van der Waals surface area contributed by atoms with E-state index in [1.54, 1.807) is 24.3 Å². The Labute approximate surface area is 241 Å². The van der Waals surface area contributed by atoms with Crippen molar-refractivity contribution < 1.29 is 23.9 Å². The third-order valence-electron chi connectivity index (χ3n) is 8.56. The van der Waals surface area contributed by atoms with Crippen molar-refractivity contribution in [3.63, 3.8) is 0 Å². The molecule has 0 bridgehead atoms. The van der Waals surface area contributed by atoms with Crippen LogP contribution in [0.1, 0.15) is 42.8 Å². The highest BCUT2D eigenvalue weighted by molar-refractivity contribution is 7.12. The van der Waals surface area contributed by atoms with Gasteiger partial charge in [0.1, 0.15) is 23.0 Å². The highest BCUT2D eigenvalue weighted by atomic mass is 32.1. The maximum Gasteiger partial charge on any atom is 0.238 e. The first-order valence-corrected chi connectivity index (χ1v) is 14.2. The number of nitrogens with one attached hydrogen (secondary N) is 1. The molecule has 7 nitrogen and oxygen atoms in total. The van der Waals surface area contributed by atoms with Gasteiger partial charge in [0.2, 0.25) is 5.91 Å². The topological polar surface area (TPSA) is 84.9 Å². The van der Waals surface area contributed by atoms with Gasteiger partial charge in [0.25, 0.3) is 0 Å². The van der Waals surface area contributed by atoms with Gasteiger partial charge < -0.3 is 19.7 Å². The van der Waals surface area contributed by atoms with Crippen LogP contribution in [0.5, 0.6) is 11.5 Å². The number of fused-ring (bicyclic) bond motifs is 6. The van der Waals surface area contributed by atoms with Gasteiger partial charge >= 0.3 is 0 Å². The first-order chi connectivity index (χ1) is 20.0. The van der Waals surface area contributed by atoms with Crippen LogP contribution in [0.3, 0.4) is 0 Å². The molecule has 1 spiro atoms. The summed E-state index contributed by atoms with van der Waals surface area (Å²) < 4.78 is 11.1. The number of nitrogens with zero attached hydrogens (tertiary/aromatic N) is 1. The second-order valence-electron chi connectivity index (χ2n) is 10.4. The number of benzene rings is 3. The molecule has 0 saturated carbocycles. The Hall–Kier alpha value is -4.69. The number of ketones is 2. The van der Waals surface area contributed by atoms with Crippen LogP contribution < -0.4 is 14.8 Å². The lowest BCUT2D eigenvalue weighted by molar-refractivity contribution is -0.122. The number of hydrogen-bond acceptors (Lipinski definition) is 7. The summed E-state index contributed by atoms with van der Waals surface area (Å²) in [6, 6.07) is 22.4. The summed E-state index contributed by atoms with van der Waals surface area (Å²) in [4.78, 5) is 46.5. The van der Waals surface area contributed by atoms with Gasteiger partial charge in [0.05, 0.1) is 36.6 Å². The van der Waals surface area contributed by atoms with Crippen molar-refractivity contribution in [3.05, 3.63) is 118 Å². The maximum atomic E-state index is 15.0. The number of Topliss-reactive ketones (excluding diaryl/α,β-unsaturated/α-hetero) is 2. The average molecular weight is 563 g/mol. The van der Waals surface area contributed by atoms with E-state index in [0.717, 1.165) is 11.1 Å². The lowest BCUT2D eigenvalue weighted by Gasteiger charge is -2.38. The van der Waals surface area contributed by atoms with Crippen LogP contribution in [-0.4, -0.2) is 42.6 Å². The van der Waals surface area contributed by atoms with E-state index in [2.05, 4.69) is 5.32 Å². The Morgan fingerprint density at radius 3 is 2.51 bits per heavy atom. The summed E-state index contributed by atoms with van der Waals surface area (Å²) in [5.74, 6) is -1.13. The van der Waals surface area contributed by atoms with Gasteiger partial charge in [-0.3, -0.25) is 14.4 Å². The minimum atomic E-state index is -1.40. The Morgan fingerprint density at radius 1 is 0.927 bits per heavy atom. The van der Waals surface area contributed by atoms with Crippen molar-refractivity contribution in [2.75, 3.05) is 19.5 Å². The molecular formula is C33H26N2O5S. The van der Waals surface area contributed by atoms with Crippen LogP contribution in [0.25, 0.3) is 6.08 Å². The summed E-state index contributed by atoms with van der Waals surface area (Å²) in [5, 5.41) is 4.91. The smallest absolute Gasteiger partial charge is 0.238 e. The third kappa shape index (κ3) is 3.47. The van der Waals surface area contributed by atoms with Crippen molar-refractivity contribution in [1.82, 2.24) is 4.90 Å². The highest BCUT2D eigenvalue weighted by Gasteiger charge is 2.71. The van der Waals surface area contributed by atoms with Crippen molar-refractivity contribution in [3.8, 4) is 11.5 Å². The number of ether oxygens (including phenoxy) is 2. The number of carbonyl (C=O) groups excluding carboxylic acids is 3. The predicted octanol–water partition coefficient (Wildman–Crippen LogP) is 5.75. The summed E-state index contributed by atoms with van der Waals surface area (Å²) in [6.45, 7) is 0. The molecule has 7 rings (SSSR count). The Bertz CT molecular complexity index is 1750. The molecule has 1 amide bonds. The van der Waals surface area contributed by atoms with E-state index in [1.807, 2.05) is 77.2 Å². The van der Waals surface area contributed by atoms with Crippen LogP contribution in [0, 0.1) is 5.92 Å². The zero-order chi connectivity index (χ0) is 28.3. The molecule has 3 aliphatic rings. The quantitative estimate of drug-likeness (QED) is 0.302. The molecule has 1 aromatic heterocycles. The lowest BCUT2D eigenvalue weighted by atomic mass is 9.62. The molecule has 4 aromatic rings. The summed E-state index contributed by atoms with van der Waals surface area (Å²) in [6.07, 6.45) is 3.82. The highest BCUT2D eigenvalue weighted by Crippen LogP contribution is 2.62. The number of rotatable bonds is 6. The normalized spacial score (nSPS) is 23.5. The number of thiophene rings is 1. The van der Waals surface area contributed by atoms with E-state index < -0.39 is 23.4 Å².